The van der Waals surface area contributed by atoms with E-state index in [0.717, 1.165) is 22.5 Å². The molecule has 0 bridgehead atoms. The number of hydrogen-bond donors (Lipinski definition) is 0. The first-order chi connectivity index (χ1) is 22.4. The van der Waals surface area contributed by atoms with Crippen molar-refractivity contribution >= 4 is 43.4 Å². The molecule has 0 aliphatic rings. The Labute approximate surface area is 261 Å². The molecule has 0 N–H and O–H groups in total. The highest BCUT2D eigenvalue weighted by molar-refractivity contribution is 6.21. The highest BCUT2D eigenvalue weighted by Gasteiger charge is 2.19. The molecule has 0 radical (unpaired) electrons. The predicted molar refractivity (Wildman–Crippen MR) is 190 cm³/mol. The molecule has 210 valence electrons. The number of aromatic nitrogens is 2. The second kappa shape index (κ2) is 10.3. The maximum absolute atomic E-state index is 5.16. The third-order valence-electron chi connectivity index (χ3n) is 9.03. The lowest BCUT2D eigenvalue weighted by Gasteiger charge is -2.17. The van der Waals surface area contributed by atoms with Crippen LogP contribution in [-0.2, 0) is 0 Å². The summed E-state index contributed by atoms with van der Waals surface area (Å²) in [5, 5.41) is 7.43. The Bertz CT molecular complexity index is 2450. The van der Waals surface area contributed by atoms with E-state index >= 15 is 0 Å². The van der Waals surface area contributed by atoms with Gasteiger partial charge in [-0.1, -0.05) is 140 Å². The second-order valence-corrected chi connectivity index (χ2v) is 11.5. The monoisotopic (exact) mass is 572 g/mol. The van der Waals surface area contributed by atoms with Crippen molar-refractivity contribution in [1.29, 1.82) is 0 Å². The van der Waals surface area contributed by atoms with Gasteiger partial charge in [0.25, 0.3) is 0 Å². The van der Waals surface area contributed by atoms with Crippen LogP contribution >= 0.6 is 0 Å². The lowest BCUT2D eigenvalue weighted by atomic mass is 9.86. The van der Waals surface area contributed by atoms with E-state index in [1.165, 1.54) is 60.0 Å². The van der Waals surface area contributed by atoms with Crippen molar-refractivity contribution in [2.24, 2.45) is 0 Å². The molecule has 0 saturated carbocycles. The van der Waals surface area contributed by atoms with E-state index < -0.39 is 0 Å². The van der Waals surface area contributed by atoms with Crippen molar-refractivity contribution < 1.29 is 0 Å². The van der Waals surface area contributed by atoms with Crippen LogP contribution in [-0.4, -0.2) is 9.55 Å². The van der Waals surface area contributed by atoms with Crippen LogP contribution in [0.1, 0.15) is 0 Å². The number of fused-ring (bicyclic) bond motifs is 5. The minimum atomic E-state index is 0.957. The molecule has 9 aromatic rings. The average molecular weight is 573 g/mol. The number of pyridine rings is 1. The molecule has 2 nitrogen and oxygen atoms in total. The van der Waals surface area contributed by atoms with Gasteiger partial charge in [0.1, 0.15) is 0 Å². The Kier molecular flexibility index (Phi) is 5.85. The van der Waals surface area contributed by atoms with Gasteiger partial charge in [-0.2, -0.15) is 0 Å². The SMILES string of the molecule is c1ccc(-c2c3ccccc3c(-c3ccc(-c4cccc5c6ccccc6n(-c6ccccc6)c45)nc3)c3ccccc23)cc1. The molecule has 2 heterocycles. The summed E-state index contributed by atoms with van der Waals surface area (Å²) in [5.74, 6) is 0. The number of benzene rings is 7. The van der Waals surface area contributed by atoms with Gasteiger partial charge >= 0.3 is 0 Å². The lowest BCUT2D eigenvalue weighted by molar-refractivity contribution is 1.18. The van der Waals surface area contributed by atoms with E-state index in [4.69, 9.17) is 4.98 Å². The lowest BCUT2D eigenvalue weighted by Crippen LogP contribution is -1.96. The molecule has 7 aromatic carbocycles. The minimum absolute atomic E-state index is 0.957. The normalized spacial score (nSPS) is 11.6. The molecule has 2 aromatic heterocycles. The van der Waals surface area contributed by atoms with Crippen LogP contribution in [0.4, 0.5) is 0 Å². The maximum atomic E-state index is 5.16. The smallest absolute Gasteiger partial charge is 0.0723 e. The van der Waals surface area contributed by atoms with Gasteiger partial charge in [-0.15, -0.1) is 0 Å². The number of para-hydroxylation sites is 3. The fourth-order valence-electron chi connectivity index (χ4n) is 7.13. The molecular weight excluding hydrogens is 544 g/mol. The molecule has 45 heavy (non-hydrogen) atoms. The predicted octanol–water partition coefficient (Wildman–Crippen LogP) is 11.5. The first kappa shape index (κ1) is 25.5. The molecule has 0 aliphatic carbocycles. The van der Waals surface area contributed by atoms with E-state index in [0.29, 0.717) is 0 Å². The summed E-state index contributed by atoms with van der Waals surface area (Å²) in [6.07, 6.45) is 2.06. The van der Waals surface area contributed by atoms with Crippen LogP contribution in [0, 0.1) is 0 Å². The van der Waals surface area contributed by atoms with Crippen molar-refractivity contribution in [3.63, 3.8) is 0 Å². The topological polar surface area (TPSA) is 17.8 Å². The Morgan fingerprint density at radius 1 is 0.378 bits per heavy atom. The van der Waals surface area contributed by atoms with Crippen molar-refractivity contribution in [2.75, 3.05) is 0 Å². The number of rotatable bonds is 4. The Hall–Kier alpha value is -5.99. The minimum Gasteiger partial charge on any atom is -0.309 e. The van der Waals surface area contributed by atoms with Crippen LogP contribution < -0.4 is 0 Å². The number of nitrogens with zero attached hydrogens (tertiary/aromatic N) is 2. The van der Waals surface area contributed by atoms with Crippen LogP contribution in [0.5, 0.6) is 0 Å². The van der Waals surface area contributed by atoms with Crippen LogP contribution in [0.25, 0.3) is 82.5 Å². The van der Waals surface area contributed by atoms with Crippen molar-refractivity contribution in [2.45, 2.75) is 0 Å². The zero-order valence-corrected chi connectivity index (χ0v) is 24.6. The van der Waals surface area contributed by atoms with E-state index in [1.807, 2.05) is 0 Å². The van der Waals surface area contributed by atoms with Crippen molar-refractivity contribution in [1.82, 2.24) is 9.55 Å². The third kappa shape index (κ3) is 4.00. The largest absolute Gasteiger partial charge is 0.309 e. The van der Waals surface area contributed by atoms with Gasteiger partial charge < -0.3 is 4.57 Å². The standard InChI is InChI=1S/C43H28N2/c1-3-14-29(15-4-1)41-33-19-7-9-21-35(33)42(36-22-10-8-20-34(36)41)30-26-27-39(44-28-30)38-24-13-23-37-32-18-11-12-25-40(32)45(43(37)38)31-16-5-2-6-17-31/h1-28H. The van der Waals surface area contributed by atoms with Crippen LogP contribution in [0.15, 0.2) is 170 Å². The molecule has 0 unspecified atom stereocenters. The van der Waals surface area contributed by atoms with Crippen molar-refractivity contribution in [3.8, 4) is 39.2 Å². The van der Waals surface area contributed by atoms with Gasteiger partial charge in [0.2, 0.25) is 0 Å². The summed E-state index contributed by atoms with van der Waals surface area (Å²) >= 11 is 0. The first-order valence-electron chi connectivity index (χ1n) is 15.4. The highest BCUT2D eigenvalue weighted by atomic mass is 15.0. The quantitative estimate of drug-likeness (QED) is 0.192. The summed E-state index contributed by atoms with van der Waals surface area (Å²) in [6.45, 7) is 0. The molecular formula is C43H28N2. The van der Waals surface area contributed by atoms with Crippen molar-refractivity contribution in [3.05, 3.63) is 170 Å². The molecule has 9 rings (SSSR count). The van der Waals surface area contributed by atoms with Crippen LogP contribution in [0.2, 0.25) is 0 Å². The van der Waals surface area contributed by atoms with Gasteiger partial charge in [0.05, 0.1) is 16.7 Å². The fourth-order valence-corrected chi connectivity index (χ4v) is 7.13. The van der Waals surface area contributed by atoms with Crippen LogP contribution in [0.3, 0.4) is 0 Å². The molecule has 0 aliphatic heterocycles. The summed E-state index contributed by atoms with van der Waals surface area (Å²) in [6, 6.07) is 58.6. The molecule has 0 amide bonds. The first-order valence-corrected chi connectivity index (χ1v) is 15.4. The molecule has 0 spiro atoms. The highest BCUT2D eigenvalue weighted by Crippen LogP contribution is 2.44. The Balaban J connectivity index is 1.27. The maximum Gasteiger partial charge on any atom is 0.0723 e. The van der Waals surface area contributed by atoms with Gasteiger partial charge in [-0.25, -0.2) is 0 Å². The zero-order valence-electron chi connectivity index (χ0n) is 24.6. The zero-order chi connectivity index (χ0) is 29.7. The average Bonchev–Trinajstić information content (AvgIpc) is 3.46. The third-order valence-corrected chi connectivity index (χ3v) is 9.03. The summed E-state index contributed by atoms with van der Waals surface area (Å²) < 4.78 is 2.37. The van der Waals surface area contributed by atoms with E-state index in [9.17, 15) is 0 Å². The van der Waals surface area contributed by atoms with Gasteiger partial charge in [-0.3, -0.25) is 4.98 Å². The van der Waals surface area contributed by atoms with Gasteiger partial charge in [-0.05, 0) is 62.5 Å². The molecule has 0 saturated heterocycles. The Morgan fingerprint density at radius 3 is 1.53 bits per heavy atom. The summed E-state index contributed by atoms with van der Waals surface area (Å²) in [5.41, 5.74) is 10.4. The Morgan fingerprint density at radius 2 is 0.911 bits per heavy atom. The summed E-state index contributed by atoms with van der Waals surface area (Å²) in [4.78, 5) is 5.16. The van der Waals surface area contributed by atoms with E-state index in [-0.39, 0.29) is 0 Å². The number of hydrogen-bond acceptors (Lipinski definition) is 1. The van der Waals surface area contributed by atoms with Gasteiger partial charge in [0.15, 0.2) is 0 Å². The van der Waals surface area contributed by atoms with E-state index in [1.54, 1.807) is 0 Å². The fraction of sp³-hybridized carbons (Fsp3) is 0. The summed E-state index contributed by atoms with van der Waals surface area (Å²) in [7, 11) is 0. The van der Waals surface area contributed by atoms with Gasteiger partial charge in [0, 0.05) is 33.8 Å². The molecule has 2 heteroatoms. The van der Waals surface area contributed by atoms with E-state index in [2.05, 4.69) is 175 Å². The molecule has 0 atom stereocenters. The second-order valence-electron chi connectivity index (χ2n) is 11.5. The molecule has 0 fully saturated rings.